The summed E-state index contributed by atoms with van der Waals surface area (Å²) in [5.41, 5.74) is 2.42. The predicted octanol–water partition coefficient (Wildman–Crippen LogP) is 2.69. The molecule has 0 saturated heterocycles. The summed E-state index contributed by atoms with van der Waals surface area (Å²) in [6, 6.07) is 7.38. The van der Waals surface area contributed by atoms with Crippen LogP contribution in [0.25, 0.3) is 0 Å². The Hall–Kier alpha value is -1.68. The molecule has 0 fully saturated rings. The van der Waals surface area contributed by atoms with E-state index in [4.69, 9.17) is 0 Å². The molecule has 0 aliphatic heterocycles. The van der Waals surface area contributed by atoms with E-state index in [1.165, 1.54) is 5.56 Å². The molecule has 1 aliphatic rings. The minimum absolute atomic E-state index is 0.135. The van der Waals surface area contributed by atoms with Gasteiger partial charge in [-0.25, -0.2) is 4.39 Å². The van der Waals surface area contributed by atoms with Crippen LogP contribution in [-0.4, -0.2) is 16.3 Å². The first kappa shape index (κ1) is 12.4. The summed E-state index contributed by atoms with van der Waals surface area (Å²) in [6.07, 6.45) is 6.92. The average molecular weight is 259 g/mol. The van der Waals surface area contributed by atoms with Crippen LogP contribution in [0.2, 0.25) is 0 Å². The van der Waals surface area contributed by atoms with Crippen molar-refractivity contribution < 1.29 is 4.39 Å². The van der Waals surface area contributed by atoms with Gasteiger partial charge in [0.1, 0.15) is 5.82 Å². The second kappa shape index (κ2) is 5.53. The number of nitrogens with one attached hydrogen (secondary N) is 1. The molecule has 0 spiro atoms. The Morgan fingerprint density at radius 2 is 2.37 bits per heavy atom. The summed E-state index contributed by atoms with van der Waals surface area (Å²) in [6.45, 7) is 1.85. The molecule has 19 heavy (non-hydrogen) atoms. The van der Waals surface area contributed by atoms with E-state index in [1.54, 1.807) is 18.3 Å². The van der Waals surface area contributed by atoms with Gasteiger partial charge in [0.15, 0.2) is 0 Å². The standard InChI is InChI=1S/C15H18FN3/c16-13-5-3-12-4-6-15(14(12)11-13)17-7-1-9-19-10-2-8-18-19/h2-3,5,8,10-11,15,17H,1,4,6-7,9H2/t15-/m1/s1. The van der Waals surface area contributed by atoms with Crippen molar-refractivity contribution in [2.24, 2.45) is 0 Å². The number of fused-ring (bicyclic) bond motifs is 1. The lowest BCUT2D eigenvalue weighted by Crippen LogP contribution is -2.21. The third kappa shape index (κ3) is 2.84. The number of aromatic nitrogens is 2. The molecule has 1 aromatic heterocycles. The second-order valence-corrected chi connectivity index (χ2v) is 5.01. The minimum atomic E-state index is -0.135. The van der Waals surface area contributed by atoms with Gasteiger partial charge in [0, 0.05) is 25.0 Å². The lowest BCUT2D eigenvalue weighted by molar-refractivity contribution is 0.485. The molecule has 2 aromatic rings. The van der Waals surface area contributed by atoms with Gasteiger partial charge in [0.2, 0.25) is 0 Å². The van der Waals surface area contributed by atoms with E-state index in [1.807, 2.05) is 23.0 Å². The highest BCUT2D eigenvalue weighted by Crippen LogP contribution is 2.31. The molecule has 3 rings (SSSR count). The lowest BCUT2D eigenvalue weighted by atomic mass is 10.1. The molecule has 3 nitrogen and oxygen atoms in total. The summed E-state index contributed by atoms with van der Waals surface area (Å²) in [5.74, 6) is -0.135. The third-order valence-electron chi connectivity index (χ3n) is 3.70. The van der Waals surface area contributed by atoms with Gasteiger partial charge in [0.05, 0.1) is 0 Å². The Morgan fingerprint density at radius 3 is 3.21 bits per heavy atom. The first-order valence-electron chi connectivity index (χ1n) is 6.82. The fourth-order valence-corrected chi connectivity index (χ4v) is 2.74. The van der Waals surface area contributed by atoms with Crippen LogP contribution in [0.4, 0.5) is 4.39 Å². The Morgan fingerprint density at radius 1 is 1.42 bits per heavy atom. The van der Waals surface area contributed by atoms with Crippen molar-refractivity contribution in [3.8, 4) is 0 Å². The molecule has 1 heterocycles. The van der Waals surface area contributed by atoms with Gasteiger partial charge in [-0.05, 0) is 55.1 Å². The molecule has 100 valence electrons. The normalized spacial score (nSPS) is 17.6. The van der Waals surface area contributed by atoms with Gasteiger partial charge in [-0.3, -0.25) is 4.68 Å². The zero-order valence-corrected chi connectivity index (χ0v) is 10.8. The molecule has 0 radical (unpaired) electrons. The zero-order valence-electron chi connectivity index (χ0n) is 10.8. The van der Waals surface area contributed by atoms with Crippen LogP contribution in [0, 0.1) is 5.82 Å². The van der Waals surface area contributed by atoms with Crippen LogP contribution in [0.3, 0.4) is 0 Å². The summed E-state index contributed by atoms with van der Waals surface area (Å²) in [4.78, 5) is 0. The number of aryl methyl sites for hydroxylation is 2. The number of nitrogens with zero attached hydrogens (tertiary/aromatic N) is 2. The Kier molecular flexibility index (Phi) is 3.60. The SMILES string of the molecule is Fc1ccc2c(c1)[C@H](NCCCn1cccn1)CC2. The Bertz CT molecular complexity index is 536. The highest BCUT2D eigenvalue weighted by Gasteiger charge is 2.21. The molecular formula is C15H18FN3. The van der Waals surface area contributed by atoms with Crippen molar-refractivity contribution in [2.45, 2.75) is 31.8 Å². The number of hydrogen-bond donors (Lipinski definition) is 1. The molecule has 0 saturated carbocycles. The van der Waals surface area contributed by atoms with Crippen molar-refractivity contribution in [3.63, 3.8) is 0 Å². The zero-order chi connectivity index (χ0) is 13.1. The maximum atomic E-state index is 13.3. The Labute approximate surface area is 112 Å². The first-order chi connectivity index (χ1) is 9.33. The monoisotopic (exact) mass is 259 g/mol. The maximum Gasteiger partial charge on any atom is 0.123 e. The Balaban J connectivity index is 1.51. The number of hydrogen-bond acceptors (Lipinski definition) is 2. The fraction of sp³-hybridized carbons (Fsp3) is 0.400. The van der Waals surface area contributed by atoms with Gasteiger partial charge in [0.25, 0.3) is 0 Å². The molecule has 0 bridgehead atoms. The van der Waals surface area contributed by atoms with Crippen LogP contribution in [0.1, 0.15) is 30.0 Å². The summed E-state index contributed by atoms with van der Waals surface area (Å²) < 4.78 is 15.2. The van der Waals surface area contributed by atoms with E-state index >= 15 is 0 Å². The highest BCUT2D eigenvalue weighted by atomic mass is 19.1. The van der Waals surface area contributed by atoms with E-state index in [-0.39, 0.29) is 5.82 Å². The molecule has 0 amide bonds. The van der Waals surface area contributed by atoms with Crippen molar-refractivity contribution in [1.82, 2.24) is 15.1 Å². The molecule has 1 N–H and O–H groups in total. The van der Waals surface area contributed by atoms with Crippen molar-refractivity contribution in [2.75, 3.05) is 6.54 Å². The first-order valence-corrected chi connectivity index (χ1v) is 6.82. The number of rotatable bonds is 5. The van der Waals surface area contributed by atoms with E-state index in [9.17, 15) is 4.39 Å². The van der Waals surface area contributed by atoms with Gasteiger partial charge < -0.3 is 5.32 Å². The molecule has 4 heteroatoms. The van der Waals surface area contributed by atoms with Gasteiger partial charge in [-0.1, -0.05) is 6.07 Å². The van der Waals surface area contributed by atoms with Crippen molar-refractivity contribution in [3.05, 3.63) is 53.6 Å². The maximum absolute atomic E-state index is 13.3. The third-order valence-corrected chi connectivity index (χ3v) is 3.70. The second-order valence-electron chi connectivity index (χ2n) is 5.01. The topological polar surface area (TPSA) is 29.9 Å². The highest BCUT2D eigenvalue weighted by molar-refractivity contribution is 5.34. The lowest BCUT2D eigenvalue weighted by Gasteiger charge is -2.14. The van der Waals surface area contributed by atoms with E-state index in [0.29, 0.717) is 6.04 Å². The molecule has 1 aliphatic carbocycles. The van der Waals surface area contributed by atoms with Crippen LogP contribution >= 0.6 is 0 Å². The van der Waals surface area contributed by atoms with Gasteiger partial charge >= 0.3 is 0 Å². The van der Waals surface area contributed by atoms with Crippen molar-refractivity contribution >= 4 is 0 Å². The quantitative estimate of drug-likeness (QED) is 0.837. The van der Waals surface area contributed by atoms with E-state index in [0.717, 1.165) is 37.9 Å². The van der Waals surface area contributed by atoms with Gasteiger partial charge in [-0.15, -0.1) is 0 Å². The van der Waals surface area contributed by atoms with Crippen molar-refractivity contribution in [1.29, 1.82) is 0 Å². The van der Waals surface area contributed by atoms with Gasteiger partial charge in [-0.2, -0.15) is 5.10 Å². The van der Waals surface area contributed by atoms with E-state index in [2.05, 4.69) is 10.4 Å². The predicted molar refractivity (Wildman–Crippen MR) is 72.3 cm³/mol. The molecule has 0 unspecified atom stereocenters. The fourth-order valence-electron chi connectivity index (χ4n) is 2.74. The van der Waals surface area contributed by atoms with Crippen LogP contribution in [0.5, 0.6) is 0 Å². The molecular weight excluding hydrogens is 241 g/mol. The van der Waals surface area contributed by atoms with Crippen LogP contribution in [0.15, 0.2) is 36.7 Å². The van der Waals surface area contributed by atoms with Crippen LogP contribution < -0.4 is 5.32 Å². The number of benzene rings is 1. The summed E-state index contributed by atoms with van der Waals surface area (Å²) in [5, 5.41) is 7.69. The number of halogens is 1. The molecule has 1 atom stereocenters. The molecule has 1 aromatic carbocycles. The van der Waals surface area contributed by atoms with Crippen LogP contribution in [-0.2, 0) is 13.0 Å². The average Bonchev–Trinajstić information content (AvgIpc) is 3.04. The summed E-state index contributed by atoms with van der Waals surface area (Å²) >= 11 is 0. The summed E-state index contributed by atoms with van der Waals surface area (Å²) in [7, 11) is 0. The minimum Gasteiger partial charge on any atom is -0.310 e. The largest absolute Gasteiger partial charge is 0.310 e. The smallest absolute Gasteiger partial charge is 0.123 e. The van der Waals surface area contributed by atoms with E-state index < -0.39 is 0 Å².